The van der Waals surface area contributed by atoms with E-state index >= 15 is 0 Å². The quantitative estimate of drug-likeness (QED) is 0.886. The molecule has 0 radical (unpaired) electrons. The van der Waals surface area contributed by atoms with Crippen LogP contribution in [0.4, 0.5) is 5.69 Å². The molecule has 2 amide bonds. The van der Waals surface area contributed by atoms with Crippen molar-refractivity contribution in [1.82, 2.24) is 4.90 Å². The summed E-state index contributed by atoms with van der Waals surface area (Å²) in [5.41, 5.74) is 1.32. The van der Waals surface area contributed by atoms with Crippen molar-refractivity contribution in [2.75, 3.05) is 11.9 Å². The van der Waals surface area contributed by atoms with E-state index in [9.17, 15) is 9.59 Å². The van der Waals surface area contributed by atoms with Gasteiger partial charge in [0, 0.05) is 17.8 Å². The summed E-state index contributed by atoms with van der Waals surface area (Å²) in [5.74, 6) is 2.31. The lowest BCUT2D eigenvalue weighted by molar-refractivity contribution is -0.119. The second kappa shape index (κ2) is 6.41. The normalized spacial score (nSPS) is 16.8. The van der Waals surface area contributed by atoms with E-state index in [1.165, 1.54) is 6.26 Å². The van der Waals surface area contributed by atoms with E-state index in [0.29, 0.717) is 24.2 Å². The molecule has 0 spiro atoms. The molecule has 2 heterocycles. The summed E-state index contributed by atoms with van der Waals surface area (Å²) in [7, 11) is 0. The molecule has 0 bridgehead atoms. The lowest BCUT2D eigenvalue weighted by Crippen LogP contribution is -2.43. The molecule has 0 saturated carbocycles. The minimum Gasteiger partial charge on any atom is -0.459 e. The highest BCUT2D eigenvalue weighted by molar-refractivity contribution is 6.00. The van der Waals surface area contributed by atoms with Gasteiger partial charge in [-0.2, -0.15) is 0 Å². The average Bonchev–Trinajstić information content (AvgIpc) is 3.25. The topological polar surface area (TPSA) is 62.6 Å². The van der Waals surface area contributed by atoms with E-state index in [-0.39, 0.29) is 17.6 Å². The number of benzene rings is 1. The molecule has 1 aliphatic rings. The SMILES string of the molecule is C#Cc1cccc(NC(=O)C2CCCN2C(=O)c2ccco2)c1. The predicted octanol–water partition coefficient (Wildman–Crippen LogP) is 2.50. The third-order valence-electron chi connectivity index (χ3n) is 3.85. The van der Waals surface area contributed by atoms with Crippen LogP contribution in [0, 0.1) is 12.3 Å². The van der Waals surface area contributed by atoms with E-state index in [1.807, 2.05) is 0 Å². The van der Waals surface area contributed by atoms with Gasteiger partial charge in [0.2, 0.25) is 5.91 Å². The highest BCUT2D eigenvalue weighted by Gasteiger charge is 2.35. The molecular formula is C18H16N2O3. The standard InChI is InChI=1S/C18H16N2O3/c1-2-13-6-3-7-14(12-13)19-17(21)15-8-4-10-20(15)18(22)16-9-5-11-23-16/h1,3,5-7,9,11-12,15H,4,8,10H2,(H,19,21). The van der Waals surface area contributed by atoms with Gasteiger partial charge >= 0.3 is 0 Å². The number of carbonyl (C=O) groups is 2. The van der Waals surface area contributed by atoms with Crippen molar-refractivity contribution in [2.45, 2.75) is 18.9 Å². The van der Waals surface area contributed by atoms with E-state index < -0.39 is 6.04 Å². The maximum Gasteiger partial charge on any atom is 0.290 e. The van der Waals surface area contributed by atoms with Crippen LogP contribution < -0.4 is 5.32 Å². The summed E-state index contributed by atoms with van der Waals surface area (Å²) >= 11 is 0. The molecule has 1 atom stereocenters. The summed E-state index contributed by atoms with van der Waals surface area (Å²) < 4.78 is 5.14. The number of nitrogens with zero attached hydrogens (tertiary/aromatic N) is 1. The molecule has 1 unspecified atom stereocenters. The van der Waals surface area contributed by atoms with Gasteiger partial charge in [-0.15, -0.1) is 6.42 Å². The summed E-state index contributed by atoms with van der Waals surface area (Å²) in [4.78, 5) is 26.5. The zero-order chi connectivity index (χ0) is 16.2. The number of nitrogens with one attached hydrogen (secondary N) is 1. The Hall–Kier alpha value is -3.00. The molecule has 1 fully saturated rings. The highest BCUT2D eigenvalue weighted by atomic mass is 16.3. The van der Waals surface area contributed by atoms with Crippen LogP contribution in [-0.4, -0.2) is 29.3 Å². The Bertz CT molecular complexity index is 759. The number of hydrogen-bond donors (Lipinski definition) is 1. The van der Waals surface area contributed by atoms with Gasteiger partial charge in [-0.25, -0.2) is 0 Å². The van der Waals surface area contributed by atoms with Crippen molar-refractivity contribution in [3.8, 4) is 12.3 Å². The van der Waals surface area contributed by atoms with Crippen LogP contribution in [0.3, 0.4) is 0 Å². The summed E-state index contributed by atoms with van der Waals surface area (Å²) in [5, 5.41) is 2.83. The zero-order valence-corrected chi connectivity index (χ0v) is 12.5. The van der Waals surface area contributed by atoms with Crippen molar-refractivity contribution in [1.29, 1.82) is 0 Å². The molecule has 23 heavy (non-hydrogen) atoms. The van der Waals surface area contributed by atoms with Crippen LogP contribution in [0.2, 0.25) is 0 Å². The van der Waals surface area contributed by atoms with Gasteiger partial charge in [-0.1, -0.05) is 12.0 Å². The van der Waals surface area contributed by atoms with Crippen LogP contribution in [0.25, 0.3) is 0 Å². The Labute approximate surface area is 134 Å². The Morgan fingerprint density at radius 1 is 1.30 bits per heavy atom. The molecule has 1 aromatic carbocycles. The Balaban J connectivity index is 1.73. The van der Waals surface area contributed by atoms with Crippen LogP contribution in [-0.2, 0) is 4.79 Å². The molecule has 3 rings (SSSR count). The number of anilines is 1. The molecule has 2 aromatic rings. The van der Waals surface area contributed by atoms with Gasteiger partial charge in [0.25, 0.3) is 5.91 Å². The Morgan fingerprint density at radius 3 is 2.91 bits per heavy atom. The number of carbonyl (C=O) groups excluding carboxylic acids is 2. The lowest BCUT2D eigenvalue weighted by Gasteiger charge is -2.23. The van der Waals surface area contributed by atoms with Gasteiger partial charge in [0.05, 0.1) is 6.26 Å². The first-order chi connectivity index (χ1) is 11.2. The first-order valence-corrected chi connectivity index (χ1v) is 7.41. The first-order valence-electron chi connectivity index (χ1n) is 7.41. The number of terminal acetylenes is 1. The van der Waals surface area contributed by atoms with Crippen molar-refractivity contribution in [2.24, 2.45) is 0 Å². The summed E-state index contributed by atoms with van der Waals surface area (Å²) in [6.45, 7) is 0.544. The van der Waals surface area contributed by atoms with E-state index in [1.54, 1.807) is 41.3 Å². The Kier molecular flexibility index (Phi) is 4.15. The second-order valence-corrected chi connectivity index (χ2v) is 5.35. The molecule has 1 aliphatic heterocycles. The Morgan fingerprint density at radius 2 is 2.17 bits per heavy atom. The fraction of sp³-hybridized carbons (Fsp3) is 0.222. The van der Waals surface area contributed by atoms with Crippen molar-refractivity contribution < 1.29 is 14.0 Å². The lowest BCUT2D eigenvalue weighted by atomic mass is 10.1. The zero-order valence-electron chi connectivity index (χ0n) is 12.5. The van der Waals surface area contributed by atoms with Crippen molar-refractivity contribution in [3.63, 3.8) is 0 Å². The van der Waals surface area contributed by atoms with Crippen LogP contribution >= 0.6 is 0 Å². The molecule has 1 aromatic heterocycles. The van der Waals surface area contributed by atoms with E-state index in [4.69, 9.17) is 10.8 Å². The molecule has 116 valence electrons. The number of rotatable bonds is 3. The smallest absolute Gasteiger partial charge is 0.290 e. The fourth-order valence-electron chi connectivity index (χ4n) is 2.74. The average molecular weight is 308 g/mol. The number of amides is 2. The van der Waals surface area contributed by atoms with Crippen LogP contribution in [0.15, 0.2) is 47.1 Å². The van der Waals surface area contributed by atoms with Gasteiger partial charge in [0.15, 0.2) is 5.76 Å². The number of hydrogen-bond acceptors (Lipinski definition) is 3. The highest BCUT2D eigenvalue weighted by Crippen LogP contribution is 2.22. The minimum atomic E-state index is -0.498. The molecule has 5 heteroatoms. The summed E-state index contributed by atoms with van der Waals surface area (Å²) in [6, 6.07) is 9.83. The fourth-order valence-corrected chi connectivity index (χ4v) is 2.74. The van der Waals surface area contributed by atoms with Crippen molar-refractivity contribution >= 4 is 17.5 Å². The maximum atomic E-state index is 12.5. The third-order valence-corrected chi connectivity index (χ3v) is 3.85. The van der Waals surface area contributed by atoms with E-state index in [2.05, 4.69) is 11.2 Å². The van der Waals surface area contributed by atoms with Gasteiger partial charge < -0.3 is 14.6 Å². The third kappa shape index (κ3) is 3.11. The first kappa shape index (κ1) is 14.9. The number of likely N-dealkylation sites (tertiary alicyclic amines) is 1. The molecule has 1 saturated heterocycles. The van der Waals surface area contributed by atoms with Gasteiger partial charge in [0.1, 0.15) is 6.04 Å². The summed E-state index contributed by atoms with van der Waals surface area (Å²) in [6.07, 6.45) is 8.23. The van der Waals surface area contributed by atoms with Crippen molar-refractivity contribution in [3.05, 3.63) is 54.0 Å². The molecule has 0 aliphatic carbocycles. The van der Waals surface area contributed by atoms with Crippen LogP contribution in [0.1, 0.15) is 29.0 Å². The van der Waals surface area contributed by atoms with Crippen LogP contribution in [0.5, 0.6) is 0 Å². The predicted molar refractivity (Wildman–Crippen MR) is 85.8 cm³/mol. The number of furan rings is 1. The maximum absolute atomic E-state index is 12.5. The van der Waals surface area contributed by atoms with Gasteiger partial charge in [-0.05, 0) is 43.2 Å². The monoisotopic (exact) mass is 308 g/mol. The molecule has 1 N–H and O–H groups in total. The van der Waals surface area contributed by atoms with Gasteiger partial charge in [-0.3, -0.25) is 9.59 Å². The molecular weight excluding hydrogens is 292 g/mol. The largest absolute Gasteiger partial charge is 0.459 e. The minimum absolute atomic E-state index is 0.212. The molecule has 5 nitrogen and oxygen atoms in total. The second-order valence-electron chi connectivity index (χ2n) is 5.35. The van der Waals surface area contributed by atoms with E-state index in [0.717, 1.165) is 6.42 Å².